The molecule has 0 aromatic carbocycles. The first-order valence-electron chi connectivity index (χ1n) is 6.86. The van der Waals surface area contributed by atoms with E-state index in [2.05, 4.69) is 27.2 Å². The molecule has 1 saturated carbocycles. The zero-order chi connectivity index (χ0) is 13.8. The van der Waals surface area contributed by atoms with Crippen LogP contribution >= 0.6 is 0 Å². The molecule has 2 rings (SSSR count). The normalized spacial score (nSPS) is 22.9. The lowest BCUT2D eigenvalue weighted by atomic mass is 9.89. The Labute approximate surface area is 114 Å². The third-order valence-electron chi connectivity index (χ3n) is 3.46. The van der Waals surface area contributed by atoms with Crippen LogP contribution in [0.5, 0.6) is 6.01 Å². The molecule has 0 saturated heterocycles. The average molecular weight is 265 g/mol. The highest BCUT2D eigenvalue weighted by atomic mass is 16.5. The van der Waals surface area contributed by atoms with Crippen molar-refractivity contribution in [1.29, 1.82) is 0 Å². The zero-order valence-electron chi connectivity index (χ0n) is 12.2. The van der Waals surface area contributed by atoms with Crippen LogP contribution in [0.15, 0.2) is 0 Å². The molecule has 6 nitrogen and oxygen atoms in total. The van der Waals surface area contributed by atoms with Gasteiger partial charge in [-0.25, -0.2) is 0 Å². The Morgan fingerprint density at radius 3 is 2.37 bits per heavy atom. The molecule has 0 bridgehead atoms. The molecule has 19 heavy (non-hydrogen) atoms. The summed E-state index contributed by atoms with van der Waals surface area (Å²) < 4.78 is 5.91. The summed E-state index contributed by atoms with van der Waals surface area (Å²) in [5, 5.41) is 2.94. The van der Waals surface area contributed by atoms with Crippen LogP contribution in [0.3, 0.4) is 0 Å². The summed E-state index contributed by atoms with van der Waals surface area (Å²) in [4.78, 5) is 14.7. The van der Waals surface area contributed by atoms with E-state index < -0.39 is 0 Å². The van der Waals surface area contributed by atoms with Gasteiger partial charge in [-0.05, 0) is 31.6 Å². The Bertz CT molecular complexity index is 415. The van der Waals surface area contributed by atoms with Gasteiger partial charge in [0, 0.05) is 21.1 Å². The van der Waals surface area contributed by atoms with Gasteiger partial charge in [0.2, 0.25) is 11.9 Å². The van der Waals surface area contributed by atoms with Gasteiger partial charge < -0.3 is 15.0 Å². The second kappa shape index (κ2) is 6.04. The number of anilines is 2. The fourth-order valence-electron chi connectivity index (χ4n) is 2.21. The third kappa shape index (κ3) is 3.68. The van der Waals surface area contributed by atoms with Crippen LogP contribution in [-0.4, -0.2) is 42.2 Å². The van der Waals surface area contributed by atoms with E-state index in [0.29, 0.717) is 17.9 Å². The Balaban J connectivity index is 2.08. The molecule has 0 unspecified atom stereocenters. The number of rotatable bonds is 4. The van der Waals surface area contributed by atoms with Crippen molar-refractivity contribution in [1.82, 2.24) is 15.0 Å². The van der Waals surface area contributed by atoms with E-state index in [1.165, 1.54) is 12.8 Å². The molecule has 1 N–H and O–H groups in total. The lowest BCUT2D eigenvalue weighted by Gasteiger charge is -2.26. The summed E-state index contributed by atoms with van der Waals surface area (Å²) in [6, 6.07) is 0.419. The minimum atomic E-state index is 0.235. The summed E-state index contributed by atoms with van der Waals surface area (Å²) in [5.41, 5.74) is 0. The molecule has 1 aliphatic rings. The molecule has 0 aliphatic heterocycles. The first-order chi connectivity index (χ1) is 9.08. The van der Waals surface area contributed by atoms with E-state index in [1.807, 2.05) is 19.0 Å². The minimum absolute atomic E-state index is 0.235. The largest absolute Gasteiger partial charge is 0.460 e. The van der Waals surface area contributed by atoms with Crippen LogP contribution in [0.25, 0.3) is 0 Å². The monoisotopic (exact) mass is 265 g/mol. The van der Waals surface area contributed by atoms with E-state index in [9.17, 15) is 0 Å². The fourth-order valence-corrected chi connectivity index (χ4v) is 2.21. The Morgan fingerprint density at radius 1 is 1.11 bits per heavy atom. The maximum absolute atomic E-state index is 5.91. The lowest BCUT2D eigenvalue weighted by Crippen LogP contribution is -2.24. The van der Waals surface area contributed by atoms with Crippen LogP contribution in [-0.2, 0) is 0 Å². The van der Waals surface area contributed by atoms with Crippen molar-refractivity contribution in [2.45, 2.75) is 38.7 Å². The maximum atomic E-state index is 5.91. The number of aromatic nitrogens is 3. The van der Waals surface area contributed by atoms with Crippen LogP contribution in [0, 0.1) is 5.92 Å². The average Bonchev–Trinajstić information content (AvgIpc) is 2.41. The van der Waals surface area contributed by atoms with Crippen molar-refractivity contribution >= 4 is 11.9 Å². The van der Waals surface area contributed by atoms with Crippen LogP contribution in [0.4, 0.5) is 11.9 Å². The highest BCUT2D eigenvalue weighted by Gasteiger charge is 2.21. The first kappa shape index (κ1) is 13.8. The van der Waals surface area contributed by atoms with Gasteiger partial charge in [0.1, 0.15) is 6.10 Å². The molecule has 0 spiro atoms. The lowest BCUT2D eigenvalue weighted by molar-refractivity contribution is 0.124. The Kier molecular flexibility index (Phi) is 4.39. The van der Waals surface area contributed by atoms with Crippen molar-refractivity contribution in [2.24, 2.45) is 5.92 Å². The maximum Gasteiger partial charge on any atom is 0.323 e. The molecule has 1 aromatic heterocycles. The van der Waals surface area contributed by atoms with Gasteiger partial charge in [-0.3, -0.25) is 0 Å². The first-order valence-corrected chi connectivity index (χ1v) is 6.86. The predicted molar refractivity (Wildman–Crippen MR) is 75.7 cm³/mol. The molecule has 6 heteroatoms. The third-order valence-corrected chi connectivity index (χ3v) is 3.46. The van der Waals surface area contributed by atoms with Gasteiger partial charge in [-0.2, -0.15) is 15.0 Å². The highest BCUT2D eigenvalue weighted by Crippen LogP contribution is 2.26. The molecule has 0 radical (unpaired) electrons. The molecule has 1 heterocycles. The van der Waals surface area contributed by atoms with Crippen molar-refractivity contribution in [3.05, 3.63) is 0 Å². The highest BCUT2D eigenvalue weighted by molar-refractivity contribution is 5.36. The predicted octanol–water partition coefficient (Wildman–Crippen LogP) is 1.94. The number of hydrogen-bond donors (Lipinski definition) is 1. The van der Waals surface area contributed by atoms with Gasteiger partial charge in [0.15, 0.2) is 0 Å². The zero-order valence-corrected chi connectivity index (χ0v) is 12.2. The van der Waals surface area contributed by atoms with E-state index in [1.54, 1.807) is 7.05 Å². The van der Waals surface area contributed by atoms with Crippen molar-refractivity contribution in [3.8, 4) is 6.01 Å². The summed E-state index contributed by atoms with van der Waals surface area (Å²) in [6.07, 6.45) is 4.83. The SMILES string of the molecule is CNc1nc(OC2CCC(C)CC2)nc(N(C)C)n1. The van der Waals surface area contributed by atoms with Crippen LogP contribution in [0.1, 0.15) is 32.6 Å². The van der Waals surface area contributed by atoms with Crippen LogP contribution < -0.4 is 15.0 Å². The molecule has 1 fully saturated rings. The molecule has 0 amide bonds. The summed E-state index contributed by atoms with van der Waals surface area (Å²) in [6.45, 7) is 2.29. The Morgan fingerprint density at radius 2 is 1.79 bits per heavy atom. The Hall–Kier alpha value is -1.59. The summed E-state index contributed by atoms with van der Waals surface area (Å²) >= 11 is 0. The van der Waals surface area contributed by atoms with Crippen LogP contribution in [0.2, 0.25) is 0 Å². The van der Waals surface area contributed by atoms with Gasteiger partial charge in [0.25, 0.3) is 0 Å². The molecular formula is C13H23N5O. The van der Waals surface area contributed by atoms with Gasteiger partial charge in [0.05, 0.1) is 0 Å². The number of nitrogens with zero attached hydrogens (tertiary/aromatic N) is 4. The minimum Gasteiger partial charge on any atom is -0.460 e. The van der Waals surface area contributed by atoms with Gasteiger partial charge >= 0.3 is 6.01 Å². The topological polar surface area (TPSA) is 63.2 Å². The second-order valence-electron chi connectivity index (χ2n) is 5.39. The number of ether oxygens (including phenoxy) is 1. The van der Waals surface area contributed by atoms with Gasteiger partial charge in [-0.1, -0.05) is 6.92 Å². The standard InChI is InChI=1S/C13H23N5O/c1-9-5-7-10(8-6-9)19-13-16-11(14-2)15-12(17-13)18(3)4/h9-10H,5-8H2,1-4H3,(H,14,15,16,17). The second-order valence-corrected chi connectivity index (χ2v) is 5.39. The molecule has 1 aliphatic carbocycles. The fraction of sp³-hybridized carbons (Fsp3) is 0.769. The molecule has 0 atom stereocenters. The molecular weight excluding hydrogens is 242 g/mol. The summed E-state index contributed by atoms with van der Waals surface area (Å²) in [5.74, 6) is 1.96. The van der Waals surface area contributed by atoms with Gasteiger partial charge in [-0.15, -0.1) is 0 Å². The van der Waals surface area contributed by atoms with E-state index in [-0.39, 0.29) is 6.10 Å². The van der Waals surface area contributed by atoms with E-state index >= 15 is 0 Å². The van der Waals surface area contributed by atoms with Crippen molar-refractivity contribution in [2.75, 3.05) is 31.4 Å². The van der Waals surface area contributed by atoms with E-state index in [0.717, 1.165) is 18.8 Å². The molecule has 1 aromatic rings. The van der Waals surface area contributed by atoms with Crippen molar-refractivity contribution in [3.63, 3.8) is 0 Å². The smallest absolute Gasteiger partial charge is 0.323 e. The number of nitrogens with one attached hydrogen (secondary N) is 1. The van der Waals surface area contributed by atoms with E-state index in [4.69, 9.17) is 4.74 Å². The summed E-state index contributed by atoms with van der Waals surface area (Å²) in [7, 11) is 5.60. The quantitative estimate of drug-likeness (QED) is 0.897. The molecule has 106 valence electrons. The van der Waals surface area contributed by atoms with Crippen molar-refractivity contribution < 1.29 is 4.74 Å². The number of hydrogen-bond acceptors (Lipinski definition) is 6.